The number of hydrogen-bond donors (Lipinski definition) is 0. The van der Waals surface area contributed by atoms with E-state index in [0.29, 0.717) is 5.92 Å². The van der Waals surface area contributed by atoms with Crippen LogP contribution in [0.15, 0.2) is 58.9 Å². The number of aromatic nitrogens is 2. The van der Waals surface area contributed by atoms with Crippen LogP contribution in [0, 0.1) is 6.92 Å². The Morgan fingerprint density at radius 1 is 1.00 bits per heavy atom. The monoisotopic (exact) mass is 278 g/mol. The van der Waals surface area contributed by atoms with Gasteiger partial charge in [-0.2, -0.15) is 0 Å². The van der Waals surface area contributed by atoms with Gasteiger partial charge in [-0.05, 0) is 36.6 Å². The molecular formula is C17H18N4. The first kappa shape index (κ1) is 13.5. The molecule has 0 spiro atoms. The van der Waals surface area contributed by atoms with Gasteiger partial charge in [-0.15, -0.1) is 10.2 Å². The molecule has 2 heterocycles. The van der Waals surface area contributed by atoms with Crippen molar-refractivity contribution in [1.29, 1.82) is 0 Å². The van der Waals surface area contributed by atoms with Crippen LogP contribution in [0.2, 0.25) is 0 Å². The predicted octanol–water partition coefficient (Wildman–Crippen LogP) is 5.18. The summed E-state index contributed by atoms with van der Waals surface area (Å²) in [6, 6.07) is 13.8. The fourth-order valence-electron chi connectivity index (χ4n) is 2.24. The molecule has 1 aromatic carbocycles. The lowest BCUT2D eigenvalue weighted by Gasteiger charge is -2.02. The van der Waals surface area contributed by atoms with E-state index in [-0.39, 0.29) is 0 Å². The van der Waals surface area contributed by atoms with Crippen molar-refractivity contribution in [2.75, 3.05) is 0 Å². The largest absolute Gasteiger partial charge is 0.283 e. The van der Waals surface area contributed by atoms with Gasteiger partial charge in [0.25, 0.3) is 0 Å². The average Bonchev–Trinajstić information content (AvgIpc) is 2.84. The number of imidazole rings is 1. The number of nitrogens with zero attached hydrogens (tertiary/aromatic N) is 4. The van der Waals surface area contributed by atoms with Gasteiger partial charge >= 0.3 is 0 Å². The average molecular weight is 278 g/mol. The summed E-state index contributed by atoms with van der Waals surface area (Å²) < 4.78 is 2.01. The molecule has 0 saturated carbocycles. The molecule has 0 saturated heterocycles. The lowest BCUT2D eigenvalue weighted by molar-refractivity contribution is 0.831. The molecule has 0 radical (unpaired) electrons. The molecule has 0 fully saturated rings. The summed E-state index contributed by atoms with van der Waals surface area (Å²) in [6.45, 7) is 6.30. The van der Waals surface area contributed by atoms with Crippen molar-refractivity contribution in [2.45, 2.75) is 26.7 Å². The zero-order chi connectivity index (χ0) is 14.8. The summed E-state index contributed by atoms with van der Waals surface area (Å²) in [5.74, 6) is 1.11. The van der Waals surface area contributed by atoms with Gasteiger partial charge in [-0.1, -0.05) is 38.1 Å². The molecular weight excluding hydrogens is 260 g/mol. The zero-order valence-corrected chi connectivity index (χ0v) is 12.5. The minimum absolute atomic E-state index is 0.301. The molecule has 21 heavy (non-hydrogen) atoms. The summed E-state index contributed by atoms with van der Waals surface area (Å²) in [5, 5.41) is 8.79. The van der Waals surface area contributed by atoms with E-state index >= 15 is 0 Å². The Bertz CT molecular complexity index is 785. The first-order chi connectivity index (χ1) is 10.1. The second-order valence-corrected chi connectivity index (χ2v) is 5.45. The van der Waals surface area contributed by atoms with E-state index in [9.17, 15) is 0 Å². The molecule has 0 aliphatic heterocycles. The first-order valence-corrected chi connectivity index (χ1v) is 7.10. The summed E-state index contributed by atoms with van der Waals surface area (Å²) in [5.41, 5.74) is 3.90. The Balaban J connectivity index is 2.13. The zero-order valence-electron chi connectivity index (χ0n) is 12.5. The van der Waals surface area contributed by atoms with Gasteiger partial charge in [0.05, 0.1) is 11.4 Å². The van der Waals surface area contributed by atoms with Gasteiger partial charge in [0.1, 0.15) is 5.65 Å². The van der Waals surface area contributed by atoms with Crippen LogP contribution in [-0.2, 0) is 0 Å². The molecule has 2 aromatic heterocycles. The van der Waals surface area contributed by atoms with E-state index in [2.05, 4.69) is 42.1 Å². The van der Waals surface area contributed by atoms with Crippen LogP contribution >= 0.6 is 0 Å². The van der Waals surface area contributed by atoms with Crippen LogP contribution in [-0.4, -0.2) is 9.38 Å². The van der Waals surface area contributed by atoms with Gasteiger partial charge in [0, 0.05) is 6.20 Å². The molecule has 3 rings (SSSR count). The number of hydrogen-bond acceptors (Lipinski definition) is 3. The van der Waals surface area contributed by atoms with E-state index in [1.807, 2.05) is 47.0 Å². The number of azo groups is 1. The number of fused-ring (bicyclic) bond motifs is 1. The van der Waals surface area contributed by atoms with Crippen LogP contribution in [0.3, 0.4) is 0 Å². The minimum atomic E-state index is 0.301. The number of benzene rings is 1. The number of pyridine rings is 1. The van der Waals surface area contributed by atoms with Crippen LogP contribution in [0.5, 0.6) is 0 Å². The molecule has 0 aliphatic carbocycles. The topological polar surface area (TPSA) is 42.0 Å². The normalized spacial score (nSPS) is 11.8. The van der Waals surface area contributed by atoms with E-state index in [4.69, 9.17) is 0 Å². The van der Waals surface area contributed by atoms with Crippen molar-refractivity contribution in [2.24, 2.45) is 10.2 Å². The molecule has 0 N–H and O–H groups in total. The van der Waals surface area contributed by atoms with Gasteiger partial charge in [0.2, 0.25) is 0 Å². The maximum atomic E-state index is 4.67. The molecule has 4 heteroatoms. The Morgan fingerprint density at radius 3 is 2.48 bits per heavy atom. The second-order valence-electron chi connectivity index (χ2n) is 5.45. The molecule has 3 aromatic rings. The third kappa shape index (κ3) is 2.70. The Kier molecular flexibility index (Phi) is 3.52. The third-order valence-corrected chi connectivity index (χ3v) is 3.33. The van der Waals surface area contributed by atoms with Crippen LogP contribution in [0.4, 0.5) is 11.5 Å². The van der Waals surface area contributed by atoms with Crippen molar-refractivity contribution < 1.29 is 0 Å². The van der Waals surface area contributed by atoms with Crippen molar-refractivity contribution >= 4 is 17.2 Å². The smallest absolute Gasteiger partial charge is 0.183 e. The fourth-order valence-corrected chi connectivity index (χ4v) is 2.24. The molecule has 0 atom stereocenters. The summed E-state index contributed by atoms with van der Waals surface area (Å²) >= 11 is 0. The van der Waals surface area contributed by atoms with Crippen molar-refractivity contribution in [3.8, 4) is 0 Å². The van der Waals surface area contributed by atoms with Crippen molar-refractivity contribution in [3.63, 3.8) is 0 Å². The van der Waals surface area contributed by atoms with Gasteiger partial charge in [0.15, 0.2) is 5.82 Å². The molecule has 0 aliphatic rings. The highest BCUT2D eigenvalue weighted by Gasteiger charge is 2.14. The van der Waals surface area contributed by atoms with E-state index in [1.54, 1.807) is 0 Å². The summed E-state index contributed by atoms with van der Waals surface area (Å²) in [4.78, 5) is 4.67. The lowest BCUT2D eigenvalue weighted by Crippen LogP contribution is -1.88. The highest BCUT2D eigenvalue weighted by Crippen LogP contribution is 2.29. The lowest BCUT2D eigenvalue weighted by atomic mass is 10.1. The molecule has 106 valence electrons. The first-order valence-electron chi connectivity index (χ1n) is 7.10. The van der Waals surface area contributed by atoms with Crippen LogP contribution in [0.1, 0.15) is 31.0 Å². The van der Waals surface area contributed by atoms with Gasteiger partial charge in [-0.25, -0.2) is 4.98 Å². The molecule has 4 nitrogen and oxygen atoms in total. The van der Waals surface area contributed by atoms with Crippen molar-refractivity contribution in [3.05, 3.63) is 59.9 Å². The third-order valence-electron chi connectivity index (χ3n) is 3.33. The Hall–Kier alpha value is -2.49. The molecule has 0 unspecified atom stereocenters. The maximum Gasteiger partial charge on any atom is 0.183 e. The quantitative estimate of drug-likeness (QED) is 0.608. The van der Waals surface area contributed by atoms with E-state index < -0.39 is 0 Å². The van der Waals surface area contributed by atoms with Crippen LogP contribution < -0.4 is 0 Å². The molecule has 0 bridgehead atoms. The van der Waals surface area contributed by atoms with Gasteiger partial charge < -0.3 is 0 Å². The fraction of sp³-hybridized carbons (Fsp3) is 0.235. The SMILES string of the molecule is Cc1ccc2nc(C(C)C)c(N=Nc3ccccc3)n2c1. The van der Waals surface area contributed by atoms with E-state index in [0.717, 1.165) is 22.8 Å². The van der Waals surface area contributed by atoms with Gasteiger partial charge in [-0.3, -0.25) is 4.40 Å². The second kappa shape index (κ2) is 5.48. The number of aryl methyl sites for hydroxylation is 1. The summed E-state index contributed by atoms with van der Waals surface area (Å²) in [6.07, 6.45) is 2.05. The highest BCUT2D eigenvalue weighted by atomic mass is 15.2. The molecule has 0 amide bonds. The van der Waals surface area contributed by atoms with Crippen LogP contribution in [0.25, 0.3) is 5.65 Å². The Morgan fingerprint density at radius 2 is 1.76 bits per heavy atom. The standard InChI is InChI=1S/C17H18N4/c1-12(2)16-17(20-19-14-7-5-4-6-8-14)21-11-13(3)9-10-15(21)18-16/h4-12H,1-3H3. The summed E-state index contributed by atoms with van der Waals surface area (Å²) in [7, 11) is 0. The minimum Gasteiger partial charge on any atom is -0.283 e. The Labute approximate surface area is 124 Å². The number of rotatable bonds is 3. The van der Waals surface area contributed by atoms with E-state index in [1.165, 1.54) is 5.56 Å². The van der Waals surface area contributed by atoms with Crippen molar-refractivity contribution in [1.82, 2.24) is 9.38 Å². The maximum absolute atomic E-state index is 4.67. The highest BCUT2D eigenvalue weighted by molar-refractivity contribution is 5.54. The predicted molar refractivity (Wildman–Crippen MR) is 84.6 cm³/mol.